The minimum absolute atomic E-state index is 0.387. The van der Waals surface area contributed by atoms with E-state index in [-0.39, 0.29) is 6.61 Å². The Hall–Kier alpha value is -2.92. The van der Waals surface area contributed by atoms with E-state index in [1.807, 2.05) is 51.1 Å². The number of hydrogen-bond donors (Lipinski definition) is 1. The zero-order chi connectivity index (χ0) is 20.3. The molecule has 1 heterocycles. The maximum atomic E-state index is 12.8. The molecule has 0 radical (unpaired) electrons. The maximum Gasteiger partial charge on any atom is 0.339 e. The number of rotatable bonds is 5. The number of ether oxygens (including phenoxy) is 1. The van der Waals surface area contributed by atoms with Crippen molar-refractivity contribution in [3.8, 4) is 0 Å². The topological polar surface area (TPSA) is 68.3 Å². The minimum Gasteiger partial charge on any atom is -0.452 e. The van der Waals surface area contributed by atoms with E-state index >= 15 is 0 Å². The summed E-state index contributed by atoms with van der Waals surface area (Å²) in [5.41, 5.74) is 4.26. The number of benzene rings is 2. The van der Waals surface area contributed by atoms with Crippen molar-refractivity contribution in [2.75, 3.05) is 11.9 Å². The molecule has 0 fully saturated rings. The number of anilines is 1. The van der Waals surface area contributed by atoms with E-state index < -0.39 is 11.9 Å². The van der Waals surface area contributed by atoms with Gasteiger partial charge in [0.1, 0.15) is 0 Å². The van der Waals surface area contributed by atoms with Crippen LogP contribution in [0.3, 0.4) is 0 Å². The Labute approximate surface area is 168 Å². The third-order valence-corrected chi connectivity index (χ3v) is 4.82. The number of amides is 1. The molecular formula is C22H21ClN2O3. The average Bonchev–Trinajstić information content (AvgIpc) is 2.68. The number of fused-ring (bicyclic) bond motifs is 1. The molecule has 144 valence electrons. The summed E-state index contributed by atoms with van der Waals surface area (Å²) < 4.78 is 5.31. The highest BCUT2D eigenvalue weighted by atomic mass is 35.5. The Balaban J connectivity index is 1.79. The SMILES string of the molecule is CCc1nc2ccccc2c(C(=O)OCC(=O)Nc2cc(Cl)ccc2C)c1C. The van der Waals surface area contributed by atoms with Crippen LogP contribution in [0.25, 0.3) is 10.9 Å². The maximum absolute atomic E-state index is 12.8. The fourth-order valence-electron chi connectivity index (χ4n) is 3.08. The van der Waals surface area contributed by atoms with Crippen molar-refractivity contribution in [3.63, 3.8) is 0 Å². The first kappa shape index (κ1) is 19.8. The van der Waals surface area contributed by atoms with Gasteiger partial charge in [0.05, 0.1) is 11.1 Å². The van der Waals surface area contributed by atoms with Crippen LogP contribution < -0.4 is 5.32 Å². The molecule has 6 heteroatoms. The number of esters is 1. The van der Waals surface area contributed by atoms with Crippen LogP contribution in [0.2, 0.25) is 5.02 Å². The monoisotopic (exact) mass is 396 g/mol. The molecular weight excluding hydrogens is 376 g/mol. The van der Waals surface area contributed by atoms with Gasteiger partial charge in [0, 0.05) is 21.8 Å². The van der Waals surface area contributed by atoms with Crippen LogP contribution in [0, 0.1) is 13.8 Å². The number of nitrogens with one attached hydrogen (secondary N) is 1. The van der Waals surface area contributed by atoms with Gasteiger partial charge in [-0.3, -0.25) is 9.78 Å². The highest BCUT2D eigenvalue weighted by molar-refractivity contribution is 6.31. The number of aryl methyl sites for hydroxylation is 2. The smallest absolute Gasteiger partial charge is 0.339 e. The number of halogens is 1. The van der Waals surface area contributed by atoms with Crippen LogP contribution in [0.4, 0.5) is 5.69 Å². The van der Waals surface area contributed by atoms with Gasteiger partial charge in [-0.2, -0.15) is 0 Å². The van der Waals surface area contributed by atoms with Crippen molar-refractivity contribution in [2.45, 2.75) is 27.2 Å². The largest absolute Gasteiger partial charge is 0.452 e. The standard InChI is InChI=1S/C22H21ClN2O3/c1-4-17-14(3)21(16-7-5-6-8-18(16)24-17)22(27)28-12-20(26)25-19-11-15(23)10-9-13(19)2/h5-11H,4,12H2,1-3H3,(H,25,26). The molecule has 0 bridgehead atoms. The van der Waals surface area contributed by atoms with Crippen LogP contribution in [-0.4, -0.2) is 23.5 Å². The molecule has 0 aliphatic carbocycles. The quantitative estimate of drug-likeness (QED) is 0.625. The van der Waals surface area contributed by atoms with E-state index in [1.165, 1.54) is 0 Å². The van der Waals surface area contributed by atoms with Gasteiger partial charge in [0.25, 0.3) is 5.91 Å². The van der Waals surface area contributed by atoms with Crippen molar-refractivity contribution in [2.24, 2.45) is 0 Å². The molecule has 0 spiro atoms. The van der Waals surface area contributed by atoms with Gasteiger partial charge in [-0.05, 0) is 49.6 Å². The molecule has 0 aliphatic rings. The van der Waals surface area contributed by atoms with Gasteiger partial charge >= 0.3 is 5.97 Å². The first-order chi connectivity index (χ1) is 13.4. The second-order valence-corrected chi connectivity index (χ2v) is 6.95. The molecule has 0 atom stereocenters. The van der Waals surface area contributed by atoms with E-state index in [0.29, 0.717) is 28.1 Å². The Bertz CT molecular complexity index is 1060. The molecule has 0 saturated carbocycles. The summed E-state index contributed by atoms with van der Waals surface area (Å²) in [7, 11) is 0. The number of hydrogen-bond acceptors (Lipinski definition) is 4. The van der Waals surface area contributed by atoms with Crippen LogP contribution in [0.15, 0.2) is 42.5 Å². The molecule has 3 rings (SSSR count). The van der Waals surface area contributed by atoms with Gasteiger partial charge in [-0.25, -0.2) is 4.79 Å². The number of pyridine rings is 1. The Kier molecular flexibility index (Phi) is 5.95. The normalized spacial score (nSPS) is 10.7. The Morgan fingerprint density at radius 1 is 1.14 bits per heavy atom. The summed E-state index contributed by atoms with van der Waals surface area (Å²) in [6.07, 6.45) is 0.700. The number of aromatic nitrogens is 1. The lowest BCUT2D eigenvalue weighted by Crippen LogP contribution is -2.22. The lowest BCUT2D eigenvalue weighted by molar-refractivity contribution is -0.119. The van der Waals surface area contributed by atoms with Gasteiger partial charge in [0.15, 0.2) is 6.61 Å². The third-order valence-electron chi connectivity index (χ3n) is 4.58. The fourth-order valence-corrected chi connectivity index (χ4v) is 3.26. The van der Waals surface area contributed by atoms with Crippen LogP contribution in [-0.2, 0) is 16.0 Å². The fraction of sp³-hybridized carbons (Fsp3) is 0.227. The second-order valence-electron chi connectivity index (χ2n) is 6.51. The second kappa shape index (κ2) is 8.40. The first-order valence-electron chi connectivity index (χ1n) is 9.02. The number of carbonyl (C=O) groups excluding carboxylic acids is 2. The van der Waals surface area contributed by atoms with Crippen LogP contribution >= 0.6 is 11.6 Å². The van der Waals surface area contributed by atoms with Crippen molar-refractivity contribution >= 4 is 40.1 Å². The molecule has 1 aromatic heterocycles. The van der Waals surface area contributed by atoms with Crippen LogP contribution in [0.5, 0.6) is 0 Å². The Morgan fingerprint density at radius 3 is 2.64 bits per heavy atom. The molecule has 0 aliphatic heterocycles. The third kappa shape index (κ3) is 4.15. The number of para-hydroxylation sites is 1. The summed E-state index contributed by atoms with van der Waals surface area (Å²) in [5.74, 6) is -0.964. The zero-order valence-electron chi connectivity index (χ0n) is 16.0. The Morgan fingerprint density at radius 2 is 1.89 bits per heavy atom. The predicted molar refractivity (Wildman–Crippen MR) is 111 cm³/mol. The molecule has 2 aromatic carbocycles. The van der Waals surface area contributed by atoms with Crippen molar-refractivity contribution in [1.29, 1.82) is 0 Å². The van der Waals surface area contributed by atoms with Gasteiger partial charge in [-0.15, -0.1) is 0 Å². The van der Waals surface area contributed by atoms with Crippen molar-refractivity contribution in [1.82, 2.24) is 4.98 Å². The molecule has 28 heavy (non-hydrogen) atoms. The summed E-state index contributed by atoms with van der Waals surface area (Å²) in [6.45, 7) is 5.31. The lowest BCUT2D eigenvalue weighted by atomic mass is 10.0. The summed E-state index contributed by atoms with van der Waals surface area (Å²) in [6, 6.07) is 12.6. The van der Waals surface area contributed by atoms with E-state index in [4.69, 9.17) is 16.3 Å². The molecule has 1 amide bonds. The number of carbonyl (C=O) groups is 2. The highest BCUT2D eigenvalue weighted by Crippen LogP contribution is 2.24. The molecule has 3 aromatic rings. The van der Waals surface area contributed by atoms with E-state index in [9.17, 15) is 9.59 Å². The average molecular weight is 397 g/mol. The molecule has 0 unspecified atom stereocenters. The van der Waals surface area contributed by atoms with E-state index in [1.54, 1.807) is 12.1 Å². The van der Waals surface area contributed by atoms with E-state index in [0.717, 1.165) is 22.3 Å². The summed E-state index contributed by atoms with van der Waals surface area (Å²) in [4.78, 5) is 29.6. The van der Waals surface area contributed by atoms with E-state index in [2.05, 4.69) is 10.3 Å². The van der Waals surface area contributed by atoms with Crippen molar-refractivity contribution < 1.29 is 14.3 Å². The summed E-state index contributed by atoms with van der Waals surface area (Å²) >= 11 is 5.97. The minimum atomic E-state index is -0.538. The van der Waals surface area contributed by atoms with Crippen molar-refractivity contribution in [3.05, 3.63) is 69.9 Å². The lowest BCUT2D eigenvalue weighted by Gasteiger charge is -2.13. The zero-order valence-corrected chi connectivity index (χ0v) is 16.8. The first-order valence-corrected chi connectivity index (χ1v) is 9.39. The molecule has 1 N–H and O–H groups in total. The highest BCUT2D eigenvalue weighted by Gasteiger charge is 2.19. The van der Waals surface area contributed by atoms with Gasteiger partial charge in [0.2, 0.25) is 0 Å². The van der Waals surface area contributed by atoms with Gasteiger partial charge < -0.3 is 10.1 Å². The molecule has 5 nitrogen and oxygen atoms in total. The predicted octanol–water partition coefficient (Wildman–Crippen LogP) is 4.86. The molecule has 0 saturated heterocycles. The number of nitrogens with zero attached hydrogens (tertiary/aromatic N) is 1. The van der Waals surface area contributed by atoms with Crippen LogP contribution in [0.1, 0.15) is 34.1 Å². The van der Waals surface area contributed by atoms with Gasteiger partial charge in [-0.1, -0.05) is 42.8 Å². The summed E-state index contributed by atoms with van der Waals surface area (Å²) in [5, 5.41) is 3.95.